The predicted molar refractivity (Wildman–Crippen MR) is 73.1 cm³/mol. The Bertz CT molecular complexity index is 595. The van der Waals surface area contributed by atoms with Crippen molar-refractivity contribution < 1.29 is 0 Å². The first-order valence-electron chi connectivity index (χ1n) is 5.49. The summed E-state index contributed by atoms with van der Waals surface area (Å²) in [4.78, 5) is 1.11. The third-order valence-corrected chi connectivity index (χ3v) is 3.68. The van der Waals surface area contributed by atoms with Crippen LogP contribution in [0.5, 0.6) is 0 Å². The summed E-state index contributed by atoms with van der Waals surface area (Å²) in [7, 11) is 0. The zero-order valence-electron chi connectivity index (χ0n) is 10.3. The van der Waals surface area contributed by atoms with Gasteiger partial charge in [-0.2, -0.15) is 5.10 Å². The van der Waals surface area contributed by atoms with Crippen molar-refractivity contribution in [3.63, 3.8) is 0 Å². The fourth-order valence-electron chi connectivity index (χ4n) is 1.52. The van der Waals surface area contributed by atoms with Crippen molar-refractivity contribution in [2.45, 2.75) is 23.8 Å². The van der Waals surface area contributed by atoms with E-state index in [4.69, 9.17) is 11.1 Å². The van der Waals surface area contributed by atoms with Crippen molar-refractivity contribution in [1.82, 2.24) is 10.2 Å². The van der Waals surface area contributed by atoms with E-state index in [1.165, 1.54) is 22.9 Å². The van der Waals surface area contributed by atoms with Crippen LogP contribution in [0.15, 0.2) is 40.4 Å². The average molecular weight is 258 g/mol. The Labute approximate surface area is 110 Å². The molecule has 3 N–H and O–H groups in total. The van der Waals surface area contributed by atoms with Gasteiger partial charge >= 0.3 is 0 Å². The lowest BCUT2D eigenvalue weighted by atomic mass is 10.2. The summed E-state index contributed by atoms with van der Waals surface area (Å²) in [6.07, 6.45) is 1.55. The number of hydrogen-bond acceptors (Lipinski definition) is 4. The first kappa shape index (κ1) is 12.6. The smallest absolute Gasteiger partial charge is 0.134 e. The molecule has 1 aromatic heterocycles. The molecule has 0 radical (unpaired) electrons. The zero-order chi connectivity index (χ0) is 13.1. The molecule has 4 nitrogen and oxygen atoms in total. The number of nitrogens with one attached hydrogen (secondary N) is 1. The van der Waals surface area contributed by atoms with Crippen LogP contribution in [0.4, 0.5) is 0 Å². The molecule has 1 aromatic carbocycles. The molecule has 0 amide bonds. The van der Waals surface area contributed by atoms with Crippen LogP contribution in [-0.4, -0.2) is 16.0 Å². The Morgan fingerprint density at radius 1 is 1.28 bits per heavy atom. The minimum atomic E-state index is 0.0118. The van der Waals surface area contributed by atoms with Gasteiger partial charge in [0.1, 0.15) is 10.9 Å². The third kappa shape index (κ3) is 2.68. The van der Waals surface area contributed by atoms with Gasteiger partial charge in [0, 0.05) is 4.90 Å². The highest BCUT2D eigenvalue weighted by Gasteiger charge is 2.10. The van der Waals surface area contributed by atoms with Gasteiger partial charge in [0.25, 0.3) is 0 Å². The molecular formula is C13H14N4S. The maximum Gasteiger partial charge on any atom is 0.134 e. The van der Waals surface area contributed by atoms with Crippen LogP contribution >= 0.6 is 11.8 Å². The van der Waals surface area contributed by atoms with E-state index < -0.39 is 0 Å². The van der Waals surface area contributed by atoms with E-state index in [-0.39, 0.29) is 5.84 Å². The SMILES string of the molecule is Cc1ccc(C)c(Sc2nnccc2C(=N)N)c1. The number of amidine groups is 1. The van der Waals surface area contributed by atoms with Crippen LogP contribution in [0.2, 0.25) is 0 Å². The van der Waals surface area contributed by atoms with Crippen molar-refractivity contribution in [2.24, 2.45) is 5.73 Å². The summed E-state index contributed by atoms with van der Waals surface area (Å²) in [6, 6.07) is 7.95. The van der Waals surface area contributed by atoms with Crippen molar-refractivity contribution in [2.75, 3.05) is 0 Å². The van der Waals surface area contributed by atoms with Crippen molar-refractivity contribution >= 4 is 17.6 Å². The molecule has 0 atom stereocenters. The van der Waals surface area contributed by atoms with Gasteiger partial charge in [0.2, 0.25) is 0 Å². The lowest BCUT2D eigenvalue weighted by Gasteiger charge is -2.08. The summed E-state index contributed by atoms with van der Waals surface area (Å²) < 4.78 is 0. The molecule has 92 valence electrons. The Balaban J connectivity index is 2.40. The largest absolute Gasteiger partial charge is 0.384 e. The highest BCUT2D eigenvalue weighted by Crippen LogP contribution is 2.31. The van der Waals surface area contributed by atoms with Gasteiger partial charge in [-0.05, 0) is 37.1 Å². The minimum Gasteiger partial charge on any atom is -0.384 e. The molecule has 5 heteroatoms. The Morgan fingerprint density at radius 2 is 2.06 bits per heavy atom. The lowest BCUT2D eigenvalue weighted by Crippen LogP contribution is -2.13. The first-order chi connectivity index (χ1) is 8.58. The molecule has 0 aliphatic heterocycles. The predicted octanol–water partition coefficient (Wildman–Crippen LogP) is 2.53. The molecule has 0 unspecified atom stereocenters. The van der Waals surface area contributed by atoms with Gasteiger partial charge < -0.3 is 5.73 Å². The number of nitrogens with two attached hydrogens (primary N) is 1. The molecule has 18 heavy (non-hydrogen) atoms. The Morgan fingerprint density at radius 3 is 2.78 bits per heavy atom. The van der Waals surface area contributed by atoms with Crippen LogP contribution < -0.4 is 5.73 Å². The highest BCUT2D eigenvalue weighted by atomic mass is 32.2. The van der Waals surface area contributed by atoms with E-state index in [0.29, 0.717) is 10.6 Å². The standard InChI is InChI=1S/C13H14N4S/c1-8-3-4-9(2)11(7-8)18-13-10(12(14)15)5-6-16-17-13/h3-7H,1-2H3,(H3,14,15). The number of nitrogen functional groups attached to an aromatic ring is 1. The Hall–Kier alpha value is -1.88. The minimum absolute atomic E-state index is 0.0118. The van der Waals surface area contributed by atoms with Crippen LogP contribution in [0.1, 0.15) is 16.7 Å². The van der Waals surface area contributed by atoms with Gasteiger partial charge in [-0.3, -0.25) is 5.41 Å². The van der Waals surface area contributed by atoms with E-state index in [1.54, 1.807) is 12.3 Å². The van der Waals surface area contributed by atoms with Crippen molar-refractivity contribution in [3.8, 4) is 0 Å². The second-order valence-electron chi connectivity index (χ2n) is 4.03. The fourth-order valence-corrected chi connectivity index (χ4v) is 2.58. The summed E-state index contributed by atoms with van der Waals surface area (Å²) in [5, 5.41) is 16.1. The number of nitrogens with zero attached hydrogens (tertiary/aromatic N) is 2. The molecule has 2 rings (SSSR count). The topological polar surface area (TPSA) is 75.7 Å². The monoisotopic (exact) mass is 258 g/mol. The first-order valence-corrected chi connectivity index (χ1v) is 6.31. The summed E-state index contributed by atoms with van der Waals surface area (Å²) >= 11 is 1.49. The maximum absolute atomic E-state index is 7.53. The molecule has 0 aliphatic carbocycles. The molecular weight excluding hydrogens is 244 g/mol. The number of benzene rings is 1. The van der Waals surface area contributed by atoms with Gasteiger partial charge in [-0.1, -0.05) is 23.9 Å². The van der Waals surface area contributed by atoms with Crippen LogP contribution in [0.3, 0.4) is 0 Å². The summed E-state index contributed by atoms with van der Waals surface area (Å²) in [5.41, 5.74) is 8.52. The van der Waals surface area contributed by atoms with Crippen LogP contribution in [-0.2, 0) is 0 Å². The van der Waals surface area contributed by atoms with Gasteiger partial charge in [0.15, 0.2) is 0 Å². The molecule has 0 aliphatic rings. The third-order valence-electron chi connectivity index (χ3n) is 2.53. The molecule has 0 fully saturated rings. The van der Waals surface area contributed by atoms with E-state index in [2.05, 4.69) is 28.4 Å². The second kappa shape index (κ2) is 5.18. The molecule has 0 saturated carbocycles. The molecule has 0 saturated heterocycles. The maximum atomic E-state index is 7.53. The number of aromatic nitrogens is 2. The lowest BCUT2D eigenvalue weighted by molar-refractivity contribution is 0.920. The summed E-state index contributed by atoms with van der Waals surface area (Å²) in [5.74, 6) is 0.0118. The van der Waals surface area contributed by atoms with Gasteiger partial charge in [-0.25, -0.2) is 0 Å². The molecule has 0 spiro atoms. The highest BCUT2D eigenvalue weighted by molar-refractivity contribution is 7.99. The Kier molecular flexibility index (Phi) is 3.62. The summed E-state index contributed by atoms with van der Waals surface area (Å²) in [6.45, 7) is 4.09. The number of rotatable bonds is 3. The molecule has 1 heterocycles. The van der Waals surface area contributed by atoms with E-state index in [9.17, 15) is 0 Å². The van der Waals surface area contributed by atoms with E-state index >= 15 is 0 Å². The normalized spacial score (nSPS) is 10.3. The number of aryl methyl sites for hydroxylation is 2. The van der Waals surface area contributed by atoms with Crippen LogP contribution in [0.25, 0.3) is 0 Å². The quantitative estimate of drug-likeness (QED) is 0.655. The van der Waals surface area contributed by atoms with Crippen molar-refractivity contribution in [3.05, 3.63) is 47.2 Å². The van der Waals surface area contributed by atoms with E-state index in [1.807, 2.05) is 13.8 Å². The van der Waals surface area contributed by atoms with Gasteiger partial charge in [-0.15, -0.1) is 5.10 Å². The molecule has 0 bridgehead atoms. The average Bonchev–Trinajstić information content (AvgIpc) is 2.34. The number of hydrogen-bond donors (Lipinski definition) is 2. The fraction of sp³-hybridized carbons (Fsp3) is 0.154. The van der Waals surface area contributed by atoms with Gasteiger partial charge in [0.05, 0.1) is 11.8 Å². The second-order valence-corrected chi connectivity index (χ2v) is 5.07. The van der Waals surface area contributed by atoms with Crippen LogP contribution in [0, 0.1) is 19.3 Å². The van der Waals surface area contributed by atoms with Crippen molar-refractivity contribution in [1.29, 1.82) is 5.41 Å². The van der Waals surface area contributed by atoms with E-state index in [0.717, 1.165) is 4.90 Å². The zero-order valence-corrected chi connectivity index (χ0v) is 11.1. The molecule has 2 aromatic rings.